The number of rotatable bonds is 7. The first kappa shape index (κ1) is 21.6. The number of fused-ring (bicyclic) bond motifs is 2. The topological polar surface area (TPSA) is 76.2 Å². The molecule has 0 radical (unpaired) electrons. The molecule has 3 aromatic carbocycles. The number of carbonyl (C=O) groups is 1. The lowest BCUT2D eigenvalue weighted by atomic mass is 10.1. The molecule has 164 valence electrons. The fraction of sp³-hybridized carbons (Fsp3) is 0.269. The number of amides is 1. The van der Waals surface area contributed by atoms with E-state index < -0.39 is 5.91 Å². The highest BCUT2D eigenvalue weighted by Crippen LogP contribution is 2.39. The molecule has 0 saturated carbocycles. The van der Waals surface area contributed by atoms with Crippen LogP contribution in [-0.4, -0.2) is 22.2 Å². The molecule has 0 atom stereocenters. The average molecular weight is 430 g/mol. The van der Waals surface area contributed by atoms with Gasteiger partial charge in [-0.1, -0.05) is 61.9 Å². The van der Waals surface area contributed by atoms with Crippen molar-refractivity contribution >= 4 is 33.3 Å². The molecule has 32 heavy (non-hydrogen) atoms. The van der Waals surface area contributed by atoms with Crippen molar-refractivity contribution in [3.63, 3.8) is 0 Å². The predicted molar refractivity (Wildman–Crippen MR) is 127 cm³/mol. The van der Waals surface area contributed by atoms with Crippen LogP contribution in [0.1, 0.15) is 25.8 Å². The normalized spacial score (nSPS) is 11.8. The van der Waals surface area contributed by atoms with Gasteiger partial charge in [-0.3, -0.25) is 4.79 Å². The average Bonchev–Trinajstić information content (AvgIpc) is 3.04. The minimum absolute atomic E-state index is 0.0257. The molecule has 4 aromatic rings. The summed E-state index contributed by atoms with van der Waals surface area (Å²) in [6.45, 7) is 6.69. The molecule has 0 fully saturated rings. The summed E-state index contributed by atoms with van der Waals surface area (Å²) in [5, 5.41) is 21.5. The van der Waals surface area contributed by atoms with Crippen molar-refractivity contribution in [1.82, 2.24) is 4.57 Å². The molecule has 6 nitrogen and oxygen atoms in total. The summed E-state index contributed by atoms with van der Waals surface area (Å²) in [5.41, 5.74) is 2.23. The van der Waals surface area contributed by atoms with Crippen molar-refractivity contribution < 1.29 is 14.6 Å². The van der Waals surface area contributed by atoms with Gasteiger partial charge in [0, 0.05) is 17.3 Å². The van der Waals surface area contributed by atoms with Crippen LogP contribution in [0.25, 0.3) is 21.7 Å². The van der Waals surface area contributed by atoms with E-state index in [-0.39, 0.29) is 12.5 Å². The van der Waals surface area contributed by atoms with E-state index in [9.17, 15) is 9.90 Å². The van der Waals surface area contributed by atoms with Crippen molar-refractivity contribution in [1.29, 1.82) is 0 Å². The lowest BCUT2D eigenvalue weighted by Crippen LogP contribution is -2.08. The largest absolute Gasteiger partial charge is 0.493 e. The van der Waals surface area contributed by atoms with Gasteiger partial charge in [-0.2, -0.15) is 0 Å². The van der Waals surface area contributed by atoms with Crippen LogP contribution in [0, 0.1) is 12.8 Å². The third-order valence-electron chi connectivity index (χ3n) is 5.46. The fourth-order valence-electron chi connectivity index (χ4n) is 3.75. The Morgan fingerprint density at radius 3 is 2.66 bits per heavy atom. The van der Waals surface area contributed by atoms with Gasteiger partial charge in [-0.15, -0.1) is 10.2 Å². The second-order valence-corrected chi connectivity index (χ2v) is 8.39. The number of carbonyl (C=O) groups excluding carboxylic acids is 1. The van der Waals surface area contributed by atoms with Crippen molar-refractivity contribution in [3.8, 4) is 11.6 Å². The first-order chi connectivity index (χ1) is 15.4. The van der Waals surface area contributed by atoms with Crippen molar-refractivity contribution in [2.75, 3.05) is 6.61 Å². The molecule has 4 rings (SSSR count). The Kier molecular flexibility index (Phi) is 6.21. The van der Waals surface area contributed by atoms with Crippen LogP contribution < -0.4 is 4.74 Å². The lowest BCUT2D eigenvalue weighted by Gasteiger charge is -2.09. The van der Waals surface area contributed by atoms with Gasteiger partial charge >= 0.3 is 5.91 Å². The van der Waals surface area contributed by atoms with Crippen LogP contribution >= 0.6 is 0 Å². The van der Waals surface area contributed by atoms with E-state index in [1.165, 1.54) is 0 Å². The Bertz CT molecular complexity index is 1300. The Balaban J connectivity index is 1.55. The van der Waals surface area contributed by atoms with Gasteiger partial charge < -0.3 is 14.4 Å². The predicted octanol–water partition coefficient (Wildman–Crippen LogP) is 6.54. The van der Waals surface area contributed by atoms with E-state index >= 15 is 0 Å². The molecule has 0 aliphatic carbocycles. The molecule has 0 spiro atoms. The minimum atomic E-state index is -0.520. The zero-order valence-corrected chi connectivity index (χ0v) is 18.6. The molecule has 1 N–H and O–H groups in total. The van der Waals surface area contributed by atoms with E-state index in [0.717, 1.165) is 33.7 Å². The fourth-order valence-corrected chi connectivity index (χ4v) is 3.75. The summed E-state index contributed by atoms with van der Waals surface area (Å²) in [7, 11) is 0. The van der Waals surface area contributed by atoms with Crippen molar-refractivity contribution in [2.24, 2.45) is 16.1 Å². The van der Waals surface area contributed by atoms with Gasteiger partial charge in [0.25, 0.3) is 0 Å². The van der Waals surface area contributed by atoms with Crippen molar-refractivity contribution in [3.05, 3.63) is 66.2 Å². The van der Waals surface area contributed by atoms with Crippen LogP contribution in [0.5, 0.6) is 11.6 Å². The number of aromatic nitrogens is 1. The maximum absolute atomic E-state index is 12.4. The summed E-state index contributed by atoms with van der Waals surface area (Å²) >= 11 is 0. The third-order valence-corrected chi connectivity index (χ3v) is 5.46. The molecule has 1 heterocycles. The zero-order chi connectivity index (χ0) is 22.7. The maximum Gasteiger partial charge on any atom is 0.302 e. The van der Waals surface area contributed by atoms with Crippen molar-refractivity contribution in [2.45, 2.75) is 33.7 Å². The van der Waals surface area contributed by atoms with Gasteiger partial charge in [-0.05, 0) is 42.8 Å². The van der Waals surface area contributed by atoms with Gasteiger partial charge in [0.15, 0.2) is 12.3 Å². The highest BCUT2D eigenvalue weighted by atomic mass is 16.5. The number of aromatic hydroxyl groups is 1. The maximum atomic E-state index is 12.4. The summed E-state index contributed by atoms with van der Waals surface area (Å²) < 4.78 is 7.54. The molecule has 6 heteroatoms. The van der Waals surface area contributed by atoms with Crippen LogP contribution in [0.2, 0.25) is 0 Å². The monoisotopic (exact) mass is 429 g/mol. The number of hydrogen-bond acceptors (Lipinski definition) is 4. The van der Waals surface area contributed by atoms with E-state index in [2.05, 4.69) is 24.1 Å². The number of ether oxygens (including phenoxy) is 1. The SMILES string of the molecule is Cc1ccc2c(c1)c(N=NC(=O)COc1cccc3ccccc13)c(O)n2CCC(C)C. The molecular formula is C26H27N3O3. The van der Waals surface area contributed by atoms with Gasteiger partial charge in [0.05, 0.1) is 5.52 Å². The van der Waals surface area contributed by atoms with E-state index in [0.29, 0.717) is 23.9 Å². The first-order valence-corrected chi connectivity index (χ1v) is 10.8. The highest BCUT2D eigenvalue weighted by Gasteiger charge is 2.17. The Morgan fingerprint density at radius 2 is 1.84 bits per heavy atom. The zero-order valence-electron chi connectivity index (χ0n) is 18.6. The molecule has 0 unspecified atom stereocenters. The lowest BCUT2D eigenvalue weighted by molar-refractivity contribution is -0.120. The summed E-state index contributed by atoms with van der Waals surface area (Å²) in [6, 6.07) is 19.4. The van der Waals surface area contributed by atoms with Gasteiger partial charge in [-0.25, -0.2) is 0 Å². The van der Waals surface area contributed by atoms with Gasteiger partial charge in [0.1, 0.15) is 5.75 Å². The summed E-state index contributed by atoms with van der Waals surface area (Å²) in [4.78, 5) is 12.4. The summed E-state index contributed by atoms with van der Waals surface area (Å²) in [5.74, 6) is 0.622. The standard InChI is InChI=1S/C26H27N3O3/c1-17(2)13-14-29-22-12-11-18(3)15-21(22)25(26(29)31)28-27-24(30)16-32-23-10-6-8-19-7-4-5-9-20(19)23/h4-12,15,17,31H,13-14,16H2,1-3H3. The molecule has 0 aliphatic rings. The van der Waals surface area contributed by atoms with Crippen LogP contribution in [0.3, 0.4) is 0 Å². The Morgan fingerprint density at radius 1 is 1.06 bits per heavy atom. The minimum Gasteiger partial charge on any atom is -0.493 e. The van der Waals surface area contributed by atoms with E-state index in [4.69, 9.17) is 4.74 Å². The quantitative estimate of drug-likeness (QED) is 0.339. The molecule has 1 aromatic heterocycles. The Hall–Kier alpha value is -3.67. The molecule has 0 saturated heterocycles. The second kappa shape index (κ2) is 9.22. The highest BCUT2D eigenvalue weighted by molar-refractivity contribution is 5.96. The molecular weight excluding hydrogens is 402 g/mol. The van der Waals surface area contributed by atoms with Crippen LogP contribution in [0.15, 0.2) is 70.9 Å². The number of aryl methyl sites for hydroxylation is 2. The van der Waals surface area contributed by atoms with Crippen LogP contribution in [0.4, 0.5) is 5.69 Å². The van der Waals surface area contributed by atoms with Gasteiger partial charge in [0.2, 0.25) is 5.88 Å². The Labute approximate surface area is 187 Å². The summed E-state index contributed by atoms with van der Waals surface area (Å²) in [6.07, 6.45) is 0.916. The number of nitrogens with zero attached hydrogens (tertiary/aromatic N) is 3. The number of benzene rings is 3. The first-order valence-electron chi connectivity index (χ1n) is 10.8. The third kappa shape index (κ3) is 4.49. The van der Waals surface area contributed by atoms with E-state index in [1.54, 1.807) is 0 Å². The smallest absolute Gasteiger partial charge is 0.302 e. The van der Waals surface area contributed by atoms with E-state index in [1.807, 2.05) is 72.2 Å². The number of hydrogen-bond donors (Lipinski definition) is 1. The molecule has 0 bridgehead atoms. The molecule has 1 amide bonds. The van der Waals surface area contributed by atoms with Crippen LogP contribution in [-0.2, 0) is 11.3 Å². The molecule has 0 aliphatic heterocycles. The number of azo groups is 1. The second-order valence-electron chi connectivity index (χ2n) is 8.39.